The molecule has 0 saturated heterocycles. The van der Waals surface area contributed by atoms with Crippen LogP contribution in [0.15, 0.2) is 17.5 Å². The first-order valence-corrected chi connectivity index (χ1v) is 7.24. The Morgan fingerprint density at radius 2 is 2.29 bits per heavy atom. The number of hydrogen-bond donors (Lipinski definition) is 1. The topological polar surface area (TPSA) is 95.4 Å². The van der Waals surface area contributed by atoms with E-state index in [1.54, 1.807) is 18.3 Å². The molecule has 0 fully saturated rings. The lowest BCUT2D eigenvalue weighted by Gasteiger charge is -2.04. The Morgan fingerprint density at radius 1 is 1.48 bits per heavy atom. The van der Waals surface area contributed by atoms with Crippen molar-refractivity contribution in [3.05, 3.63) is 28.9 Å². The van der Waals surface area contributed by atoms with E-state index in [0.717, 1.165) is 16.1 Å². The maximum atomic E-state index is 11.8. The molecule has 0 aromatic carbocycles. The molecule has 3 aromatic rings. The number of esters is 1. The lowest BCUT2D eigenvalue weighted by molar-refractivity contribution is 0.0519. The van der Waals surface area contributed by atoms with Gasteiger partial charge in [-0.05, 0) is 25.3 Å². The number of fused-ring (bicyclic) bond motifs is 1. The molecule has 0 radical (unpaired) electrons. The Labute approximate surface area is 124 Å². The van der Waals surface area contributed by atoms with E-state index in [1.807, 2.05) is 24.4 Å². The largest absolute Gasteiger partial charge is 0.461 e. The Kier molecular flexibility index (Phi) is 3.30. The lowest BCUT2D eigenvalue weighted by Crippen LogP contribution is -2.15. The highest BCUT2D eigenvalue weighted by atomic mass is 32.1. The quantitative estimate of drug-likeness (QED) is 0.743. The average Bonchev–Trinajstić information content (AvgIpc) is 3.06. The number of nitrogen functional groups attached to an aromatic ring is 1. The number of anilines is 1. The second-order valence-corrected chi connectivity index (χ2v) is 5.28. The van der Waals surface area contributed by atoms with Gasteiger partial charge in [0.25, 0.3) is 0 Å². The number of hydrogen-bond acceptors (Lipinski definition) is 7. The molecule has 3 rings (SSSR count). The number of thiophene rings is 1. The molecule has 0 aliphatic rings. The van der Waals surface area contributed by atoms with E-state index in [0.29, 0.717) is 5.65 Å². The van der Waals surface area contributed by atoms with Gasteiger partial charge in [-0.2, -0.15) is 9.61 Å². The number of carbonyl (C=O) groups excluding carboxylic acids is 1. The number of carbonyl (C=O) groups is 1. The molecule has 0 unspecified atom stereocenters. The number of nitrogens with two attached hydrogens (primary N) is 1. The van der Waals surface area contributed by atoms with Crippen molar-refractivity contribution in [2.24, 2.45) is 0 Å². The van der Waals surface area contributed by atoms with Crippen LogP contribution in [0, 0.1) is 6.92 Å². The Morgan fingerprint density at radius 3 is 2.95 bits per heavy atom. The van der Waals surface area contributed by atoms with E-state index in [-0.39, 0.29) is 18.1 Å². The number of aryl methyl sites for hydroxylation is 1. The molecule has 0 atom stereocenters. The van der Waals surface area contributed by atoms with Crippen LogP contribution < -0.4 is 5.73 Å². The average molecular weight is 303 g/mol. The van der Waals surface area contributed by atoms with Crippen molar-refractivity contribution in [3.8, 4) is 10.4 Å². The third-order valence-corrected chi connectivity index (χ3v) is 3.88. The number of ether oxygens (including phenoxy) is 1. The minimum Gasteiger partial charge on any atom is -0.461 e. The van der Waals surface area contributed by atoms with Crippen molar-refractivity contribution in [2.45, 2.75) is 13.8 Å². The molecule has 7 nitrogen and oxygen atoms in total. The van der Waals surface area contributed by atoms with Gasteiger partial charge in [0.1, 0.15) is 0 Å². The molecule has 3 heterocycles. The molecule has 8 heteroatoms. The zero-order valence-electron chi connectivity index (χ0n) is 11.5. The van der Waals surface area contributed by atoms with Gasteiger partial charge in [0.15, 0.2) is 11.5 Å². The third kappa shape index (κ3) is 2.13. The summed E-state index contributed by atoms with van der Waals surface area (Å²) >= 11 is 1.58. The van der Waals surface area contributed by atoms with E-state index in [4.69, 9.17) is 10.5 Å². The molecular formula is C13H13N5O2S. The van der Waals surface area contributed by atoms with Crippen molar-refractivity contribution in [3.63, 3.8) is 0 Å². The first-order chi connectivity index (χ1) is 10.1. The van der Waals surface area contributed by atoms with Crippen LogP contribution in [0.3, 0.4) is 0 Å². The standard InChI is InChI=1S/C13H13N5O2S/c1-3-20-13(19)10-11(14)18-12(16-15-10)9(7(2)17-18)8-5-4-6-21-8/h4-6H,3,14H2,1-2H3. The van der Waals surface area contributed by atoms with E-state index in [9.17, 15) is 4.79 Å². The van der Waals surface area contributed by atoms with Crippen LogP contribution in [0.5, 0.6) is 0 Å². The van der Waals surface area contributed by atoms with Crippen molar-refractivity contribution in [1.29, 1.82) is 0 Å². The first kappa shape index (κ1) is 13.5. The summed E-state index contributed by atoms with van der Waals surface area (Å²) in [6, 6.07) is 3.93. The van der Waals surface area contributed by atoms with E-state index in [1.165, 1.54) is 4.52 Å². The summed E-state index contributed by atoms with van der Waals surface area (Å²) in [4.78, 5) is 12.8. The highest BCUT2D eigenvalue weighted by Gasteiger charge is 2.21. The predicted octanol–water partition coefficient (Wildman–Crippen LogP) is 1.92. The number of aromatic nitrogens is 4. The summed E-state index contributed by atoms with van der Waals surface area (Å²) in [5.41, 5.74) is 8.14. The molecule has 2 N–H and O–H groups in total. The molecule has 0 aliphatic carbocycles. The van der Waals surface area contributed by atoms with Gasteiger partial charge in [0, 0.05) is 4.88 Å². The molecule has 0 bridgehead atoms. The van der Waals surface area contributed by atoms with Crippen LogP contribution in [-0.4, -0.2) is 32.4 Å². The van der Waals surface area contributed by atoms with Gasteiger partial charge in [-0.15, -0.1) is 21.5 Å². The van der Waals surface area contributed by atoms with Crippen LogP contribution in [0.25, 0.3) is 16.1 Å². The van der Waals surface area contributed by atoms with Crippen LogP contribution in [0.4, 0.5) is 5.82 Å². The maximum Gasteiger partial charge on any atom is 0.362 e. The molecule has 21 heavy (non-hydrogen) atoms. The number of nitrogens with zero attached hydrogens (tertiary/aromatic N) is 4. The van der Waals surface area contributed by atoms with Crippen LogP contribution in [0.1, 0.15) is 23.1 Å². The van der Waals surface area contributed by atoms with E-state index in [2.05, 4.69) is 15.3 Å². The second-order valence-electron chi connectivity index (χ2n) is 4.33. The molecule has 0 spiro atoms. The zero-order valence-corrected chi connectivity index (χ0v) is 12.3. The third-order valence-electron chi connectivity index (χ3n) is 2.99. The second kappa shape index (κ2) is 5.13. The van der Waals surface area contributed by atoms with Crippen molar-refractivity contribution >= 4 is 28.8 Å². The molecule has 0 saturated carbocycles. The Bertz CT molecular complexity index is 810. The Hall–Kier alpha value is -2.48. The van der Waals surface area contributed by atoms with Gasteiger partial charge in [-0.3, -0.25) is 0 Å². The molecule has 108 valence electrons. The summed E-state index contributed by atoms with van der Waals surface area (Å²) in [6.45, 7) is 3.83. The van der Waals surface area contributed by atoms with Crippen molar-refractivity contribution in [1.82, 2.24) is 19.8 Å². The van der Waals surface area contributed by atoms with Gasteiger partial charge in [0.2, 0.25) is 5.69 Å². The van der Waals surface area contributed by atoms with Crippen LogP contribution in [-0.2, 0) is 4.74 Å². The first-order valence-electron chi connectivity index (χ1n) is 6.36. The van der Waals surface area contributed by atoms with Gasteiger partial charge < -0.3 is 10.5 Å². The summed E-state index contributed by atoms with van der Waals surface area (Å²) in [7, 11) is 0. The summed E-state index contributed by atoms with van der Waals surface area (Å²) in [5.74, 6) is -0.473. The van der Waals surface area contributed by atoms with E-state index >= 15 is 0 Å². The minimum atomic E-state index is -0.602. The SMILES string of the molecule is CCOC(=O)c1nnc2c(-c3cccs3)c(C)nn2c1N. The fourth-order valence-electron chi connectivity index (χ4n) is 2.08. The minimum absolute atomic E-state index is 0.0235. The zero-order chi connectivity index (χ0) is 15.0. The molecular weight excluding hydrogens is 290 g/mol. The Balaban J connectivity index is 2.21. The van der Waals surface area contributed by atoms with Gasteiger partial charge in [0.05, 0.1) is 17.9 Å². The monoisotopic (exact) mass is 303 g/mol. The normalized spacial score (nSPS) is 11.0. The van der Waals surface area contributed by atoms with Crippen LogP contribution in [0.2, 0.25) is 0 Å². The fraction of sp³-hybridized carbons (Fsp3) is 0.231. The van der Waals surface area contributed by atoms with Crippen LogP contribution >= 0.6 is 11.3 Å². The highest BCUT2D eigenvalue weighted by molar-refractivity contribution is 7.13. The fourth-order valence-corrected chi connectivity index (χ4v) is 2.90. The van der Waals surface area contributed by atoms with E-state index < -0.39 is 5.97 Å². The lowest BCUT2D eigenvalue weighted by atomic mass is 10.2. The van der Waals surface area contributed by atoms with Gasteiger partial charge in [-0.25, -0.2) is 4.79 Å². The summed E-state index contributed by atoms with van der Waals surface area (Å²) in [5, 5.41) is 14.3. The summed E-state index contributed by atoms with van der Waals surface area (Å²) in [6.07, 6.45) is 0. The van der Waals surface area contributed by atoms with Gasteiger partial charge in [-0.1, -0.05) is 6.07 Å². The highest BCUT2D eigenvalue weighted by Crippen LogP contribution is 2.31. The summed E-state index contributed by atoms with van der Waals surface area (Å²) < 4.78 is 6.34. The predicted molar refractivity (Wildman–Crippen MR) is 79.2 cm³/mol. The van der Waals surface area contributed by atoms with Crippen molar-refractivity contribution < 1.29 is 9.53 Å². The number of rotatable bonds is 3. The maximum absolute atomic E-state index is 11.8. The smallest absolute Gasteiger partial charge is 0.362 e. The molecule has 3 aromatic heterocycles. The molecule has 0 aliphatic heterocycles. The molecule has 0 amide bonds. The van der Waals surface area contributed by atoms with Crippen molar-refractivity contribution in [2.75, 3.05) is 12.3 Å². The van der Waals surface area contributed by atoms with Gasteiger partial charge >= 0.3 is 5.97 Å².